The Kier molecular flexibility index (Phi) is 7.21. The topological polar surface area (TPSA) is 73.3 Å². The molecule has 0 fully saturated rings. The molecule has 3 aromatic rings. The van der Waals surface area contributed by atoms with Gasteiger partial charge in [0.2, 0.25) is 5.01 Å². The van der Waals surface area contributed by atoms with E-state index in [2.05, 4.69) is 15.5 Å². The Morgan fingerprint density at radius 1 is 1.14 bits per heavy atom. The van der Waals surface area contributed by atoms with E-state index in [-0.39, 0.29) is 10.9 Å². The molecule has 0 spiro atoms. The lowest BCUT2D eigenvalue weighted by Gasteiger charge is -2.09. The van der Waals surface area contributed by atoms with Crippen molar-refractivity contribution in [1.29, 1.82) is 0 Å². The third-order valence-corrected chi connectivity index (χ3v) is 5.26. The zero-order valence-corrected chi connectivity index (χ0v) is 17.6. The van der Waals surface area contributed by atoms with Gasteiger partial charge in [0.15, 0.2) is 16.5 Å². The first-order valence-corrected chi connectivity index (χ1v) is 10.1. The van der Waals surface area contributed by atoms with Gasteiger partial charge in [0.05, 0.1) is 18.7 Å². The van der Waals surface area contributed by atoms with Crippen LogP contribution >= 0.6 is 22.9 Å². The van der Waals surface area contributed by atoms with E-state index in [0.717, 1.165) is 22.5 Å². The minimum Gasteiger partial charge on any atom is -0.493 e. The van der Waals surface area contributed by atoms with E-state index >= 15 is 0 Å². The molecule has 8 heteroatoms. The quantitative estimate of drug-likeness (QED) is 0.566. The van der Waals surface area contributed by atoms with E-state index in [1.54, 1.807) is 13.2 Å². The van der Waals surface area contributed by atoms with Gasteiger partial charge in [0, 0.05) is 6.54 Å². The maximum Gasteiger partial charge on any atom is 0.282 e. The van der Waals surface area contributed by atoms with E-state index in [1.807, 2.05) is 55.5 Å². The Labute approximate surface area is 178 Å². The van der Waals surface area contributed by atoms with Crippen molar-refractivity contribution in [2.45, 2.75) is 13.5 Å². The van der Waals surface area contributed by atoms with Gasteiger partial charge in [-0.25, -0.2) is 0 Å². The first kappa shape index (κ1) is 20.8. The summed E-state index contributed by atoms with van der Waals surface area (Å²) in [5.41, 5.74) is 1.83. The highest BCUT2D eigenvalue weighted by Crippen LogP contribution is 2.31. The molecule has 1 heterocycles. The monoisotopic (exact) mass is 429 g/mol. The fourth-order valence-electron chi connectivity index (χ4n) is 2.52. The summed E-state index contributed by atoms with van der Waals surface area (Å²) in [7, 11) is 1.58. The van der Waals surface area contributed by atoms with Gasteiger partial charge in [-0.05, 0) is 36.3 Å². The zero-order valence-electron chi connectivity index (χ0n) is 16.0. The molecule has 29 heavy (non-hydrogen) atoms. The molecule has 6 nitrogen and oxygen atoms in total. The van der Waals surface area contributed by atoms with Crippen molar-refractivity contribution in [3.63, 3.8) is 0 Å². The van der Waals surface area contributed by atoms with Gasteiger partial charge in [-0.2, -0.15) is 0 Å². The molecule has 0 saturated carbocycles. The third kappa shape index (κ3) is 5.56. The maximum absolute atomic E-state index is 12.3. The van der Waals surface area contributed by atoms with E-state index in [0.29, 0.717) is 34.7 Å². The second-order valence-corrected chi connectivity index (χ2v) is 7.30. The van der Waals surface area contributed by atoms with Crippen LogP contribution in [-0.4, -0.2) is 29.8 Å². The number of methoxy groups -OCH3 is 1. The van der Waals surface area contributed by atoms with Crippen LogP contribution in [0.5, 0.6) is 11.5 Å². The average Bonchev–Trinajstić information content (AvgIpc) is 3.24. The van der Waals surface area contributed by atoms with Crippen molar-refractivity contribution in [3.05, 3.63) is 69.7 Å². The van der Waals surface area contributed by atoms with Gasteiger partial charge in [0.1, 0.15) is 0 Å². The minimum atomic E-state index is -0.287. The van der Waals surface area contributed by atoms with Crippen molar-refractivity contribution in [3.8, 4) is 11.5 Å². The molecule has 0 aliphatic carbocycles. The van der Waals surface area contributed by atoms with Gasteiger partial charge in [-0.3, -0.25) is 4.79 Å². The van der Waals surface area contributed by atoms with Crippen LogP contribution in [0.15, 0.2) is 48.5 Å². The maximum atomic E-state index is 12.3. The third-order valence-electron chi connectivity index (χ3n) is 3.90. The number of nitrogens with zero attached hydrogens (tertiary/aromatic N) is 2. The van der Waals surface area contributed by atoms with Crippen molar-refractivity contribution >= 4 is 40.0 Å². The molecular formula is C21H20ClN3O3S. The molecular weight excluding hydrogens is 410 g/mol. The van der Waals surface area contributed by atoms with Crippen LogP contribution in [-0.2, 0) is 6.54 Å². The lowest BCUT2D eigenvalue weighted by Crippen LogP contribution is -2.22. The molecule has 150 valence electrons. The predicted octanol–water partition coefficient (Wildman–Crippen LogP) is 4.61. The summed E-state index contributed by atoms with van der Waals surface area (Å²) < 4.78 is 10.9. The molecule has 0 bridgehead atoms. The SMILES string of the molecule is CCOc1ccc(/C=C(\Cl)c2nnc(C(=O)NCc3ccccc3)s2)cc1OC. The average molecular weight is 430 g/mol. The summed E-state index contributed by atoms with van der Waals surface area (Å²) >= 11 is 7.53. The largest absolute Gasteiger partial charge is 0.493 e. The summed E-state index contributed by atoms with van der Waals surface area (Å²) in [5, 5.41) is 11.9. The normalized spacial score (nSPS) is 11.2. The number of rotatable bonds is 8. The Hall–Kier alpha value is -2.90. The number of amides is 1. The highest BCUT2D eigenvalue weighted by molar-refractivity contribution is 7.15. The van der Waals surface area contributed by atoms with Crippen LogP contribution in [0.25, 0.3) is 11.1 Å². The number of benzene rings is 2. The van der Waals surface area contributed by atoms with Crippen LogP contribution in [0.3, 0.4) is 0 Å². The Balaban J connectivity index is 1.69. The first-order valence-electron chi connectivity index (χ1n) is 8.94. The number of nitrogens with one attached hydrogen (secondary N) is 1. The Morgan fingerprint density at radius 3 is 2.62 bits per heavy atom. The van der Waals surface area contributed by atoms with E-state index < -0.39 is 0 Å². The summed E-state index contributed by atoms with van der Waals surface area (Å²) in [6, 6.07) is 15.2. The van der Waals surface area contributed by atoms with Gasteiger partial charge in [-0.15, -0.1) is 10.2 Å². The second kappa shape index (κ2) is 10.0. The van der Waals surface area contributed by atoms with Gasteiger partial charge in [0.25, 0.3) is 5.91 Å². The Bertz CT molecular complexity index is 1010. The van der Waals surface area contributed by atoms with Crippen LogP contribution in [0.2, 0.25) is 0 Å². The second-order valence-electron chi connectivity index (χ2n) is 5.92. The Morgan fingerprint density at radius 2 is 1.90 bits per heavy atom. The summed E-state index contributed by atoms with van der Waals surface area (Å²) in [6.07, 6.45) is 1.74. The number of aromatic nitrogens is 2. The number of ether oxygens (including phenoxy) is 2. The van der Waals surface area contributed by atoms with E-state index in [1.165, 1.54) is 0 Å². The van der Waals surface area contributed by atoms with Crippen LogP contribution in [0.4, 0.5) is 0 Å². The van der Waals surface area contributed by atoms with Crippen molar-refractivity contribution in [1.82, 2.24) is 15.5 Å². The molecule has 1 N–H and O–H groups in total. The molecule has 0 unspecified atom stereocenters. The summed E-state index contributed by atoms with van der Waals surface area (Å²) in [5.74, 6) is 0.990. The molecule has 0 aliphatic heterocycles. The first-order chi connectivity index (χ1) is 14.1. The molecule has 0 aliphatic rings. The van der Waals surface area contributed by atoms with Crippen molar-refractivity contribution in [2.24, 2.45) is 0 Å². The van der Waals surface area contributed by atoms with Crippen molar-refractivity contribution in [2.75, 3.05) is 13.7 Å². The highest BCUT2D eigenvalue weighted by Gasteiger charge is 2.14. The number of hydrogen-bond acceptors (Lipinski definition) is 6. The van der Waals surface area contributed by atoms with E-state index in [4.69, 9.17) is 21.1 Å². The van der Waals surface area contributed by atoms with Crippen molar-refractivity contribution < 1.29 is 14.3 Å². The molecule has 0 saturated heterocycles. The number of carbonyl (C=O) groups excluding carboxylic acids is 1. The molecule has 0 atom stereocenters. The highest BCUT2D eigenvalue weighted by atomic mass is 35.5. The molecule has 0 radical (unpaired) electrons. The molecule has 1 aromatic heterocycles. The standard InChI is InChI=1S/C21H20ClN3O3S/c1-3-28-17-10-9-15(12-18(17)27-2)11-16(22)20-24-25-21(29-20)19(26)23-13-14-7-5-4-6-8-14/h4-12H,3,13H2,1-2H3,(H,23,26)/b16-11-. The van der Waals surface area contributed by atoms with Crippen LogP contribution < -0.4 is 14.8 Å². The molecule has 2 aromatic carbocycles. The van der Waals surface area contributed by atoms with Gasteiger partial charge in [-0.1, -0.05) is 59.3 Å². The van der Waals surface area contributed by atoms with Crippen LogP contribution in [0.1, 0.15) is 32.9 Å². The lowest BCUT2D eigenvalue weighted by atomic mass is 10.2. The predicted molar refractivity (Wildman–Crippen MR) is 115 cm³/mol. The smallest absolute Gasteiger partial charge is 0.282 e. The number of halogens is 1. The number of carbonyl (C=O) groups is 1. The minimum absolute atomic E-state index is 0.256. The van der Waals surface area contributed by atoms with Gasteiger partial charge < -0.3 is 14.8 Å². The fourth-order valence-corrected chi connectivity index (χ4v) is 3.47. The lowest BCUT2D eigenvalue weighted by molar-refractivity contribution is 0.0950. The summed E-state index contributed by atoms with van der Waals surface area (Å²) in [6.45, 7) is 2.88. The fraction of sp³-hybridized carbons (Fsp3) is 0.190. The van der Waals surface area contributed by atoms with Crippen LogP contribution in [0, 0.1) is 0 Å². The van der Waals surface area contributed by atoms with Gasteiger partial charge >= 0.3 is 0 Å². The van der Waals surface area contributed by atoms with E-state index in [9.17, 15) is 4.79 Å². The molecule has 1 amide bonds. The molecule has 3 rings (SSSR count). The number of hydrogen-bond donors (Lipinski definition) is 1. The zero-order chi connectivity index (χ0) is 20.6. The summed E-state index contributed by atoms with van der Waals surface area (Å²) in [4.78, 5) is 12.3.